The van der Waals surface area contributed by atoms with Crippen molar-refractivity contribution >= 4 is 0 Å². The third-order valence-corrected chi connectivity index (χ3v) is 5.22. The predicted octanol–water partition coefficient (Wildman–Crippen LogP) is 6.20. The van der Waals surface area contributed by atoms with Crippen LogP contribution in [0.1, 0.15) is 84.5 Å². The molecule has 0 N–H and O–H groups in total. The van der Waals surface area contributed by atoms with E-state index in [0.717, 1.165) is 12.5 Å². The van der Waals surface area contributed by atoms with E-state index in [-0.39, 0.29) is 5.60 Å². The molecule has 1 heterocycles. The summed E-state index contributed by atoms with van der Waals surface area (Å²) in [6.45, 7) is 5.68. The Morgan fingerprint density at radius 1 is 1.14 bits per heavy atom. The summed E-state index contributed by atoms with van der Waals surface area (Å²) in [6, 6.07) is 0. The van der Waals surface area contributed by atoms with Gasteiger partial charge in [0.15, 0.2) is 0 Å². The van der Waals surface area contributed by atoms with Crippen LogP contribution >= 0.6 is 0 Å². The molecule has 1 heteroatoms. The summed E-state index contributed by atoms with van der Waals surface area (Å²) in [4.78, 5) is 0. The fraction of sp³-hybridized carbons (Fsp3) is 0.800. The van der Waals surface area contributed by atoms with Crippen LogP contribution in [0.2, 0.25) is 0 Å². The zero-order valence-electron chi connectivity index (χ0n) is 14.2. The Morgan fingerprint density at radius 3 is 2.62 bits per heavy atom. The molecule has 1 aliphatic carbocycles. The van der Waals surface area contributed by atoms with Crippen LogP contribution in [0.3, 0.4) is 0 Å². The number of ether oxygens (including phenoxy) is 1. The van der Waals surface area contributed by atoms with Gasteiger partial charge in [-0.3, -0.25) is 0 Å². The number of hydrogen-bond acceptors (Lipinski definition) is 1. The molecule has 1 nitrogen and oxygen atoms in total. The van der Waals surface area contributed by atoms with Gasteiger partial charge in [0.05, 0.1) is 12.2 Å². The lowest BCUT2D eigenvalue weighted by atomic mass is 9.88. The predicted molar refractivity (Wildman–Crippen MR) is 91.5 cm³/mol. The first-order valence-corrected chi connectivity index (χ1v) is 9.17. The van der Waals surface area contributed by atoms with Gasteiger partial charge in [0.2, 0.25) is 0 Å². The lowest BCUT2D eigenvalue weighted by Gasteiger charge is -2.39. The fourth-order valence-electron chi connectivity index (χ4n) is 3.47. The normalized spacial score (nSPS) is 26.3. The minimum atomic E-state index is 0.237. The Morgan fingerprint density at radius 2 is 1.95 bits per heavy atom. The summed E-state index contributed by atoms with van der Waals surface area (Å²) in [7, 11) is 0. The molecular weight excluding hydrogens is 256 g/mol. The standard InChI is InChI=1S/C20H34O/c1-18(11-9-15-20(2)16-17-21-20)10-5-3-6-12-19-13-7-4-8-14-19/h7,13-14,18H,3-6,8-12,15-17H2,1-2H3. The first kappa shape index (κ1) is 16.8. The van der Waals surface area contributed by atoms with Crippen LogP contribution < -0.4 is 0 Å². The highest BCUT2D eigenvalue weighted by Gasteiger charge is 2.32. The zero-order chi connectivity index (χ0) is 15.0. The average Bonchev–Trinajstić information content (AvgIpc) is 2.46. The first-order chi connectivity index (χ1) is 10.2. The maximum absolute atomic E-state index is 5.66. The molecular formula is C20H34O. The molecule has 0 aromatic heterocycles. The van der Waals surface area contributed by atoms with Gasteiger partial charge in [-0.1, -0.05) is 62.8 Å². The summed E-state index contributed by atoms with van der Waals surface area (Å²) in [6.07, 6.45) is 21.7. The molecule has 2 rings (SSSR count). The summed E-state index contributed by atoms with van der Waals surface area (Å²) in [5.41, 5.74) is 1.81. The summed E-state index contributed by atoms with van der Waals surface area (Å²) in [5.74, 6) is 0.891. The molecule has 0 spiro atoms. The number of rotatable bonds is 10. The van der Waals surface area contributed by atoms with Gasteiger partial charge in [0.25, 0.3) is 0 Å². The van der Waals surface area contributed by atoms with Crippen molar-refractivity contribution < 1.29 is 4.74 Å². The lowest BCUT2D eigenvalue weighted by molar-refractivity contribution is -0.139. The van der Waals surface area contributed by atoms with Crippen molar-refractivity contribution in [1.82, 2.24) is 0 Å². The molecule has 0 aromatic rings. The Balaban J connectivity index is 1.42. The molecule has 0 aromatic carbocycles. The zero-order valence-corrected chi connectivity index (χ0v) is 14.2. The molecule has 1 saturated heterocycles. The number of hydrogen-bond donors (Lipinski definition) is 0. The van der Waals surface area contributed by atoms with Crippen LogP contribution in [0.15, 0.2) is 23.8 Å². The molecule has 0 bridgehead atoms. The minimum Gasteiger partial charge on any atom is -0.375 e. The van der Waals surface area contributed by atoms with Gasteiger partial charge in [0, 0.05) is 0 Å². The van der Waals surface area contributed by atoms with E-state index in [1.165, 1.54) is 70.6 Å². The largest absolute Gasteiger partial charge is 0.375 e. The molecule has 0 saturated carbocycles. The quantitative estimate of drug-likeness (QED) is 0.435. The van der Waals surface area contributed by atoms with Crippen molar-refractivity contribution in [2.45, 2.75) is 90.1 Å². The number of allylic oxidation sites excluding steroid dienone is 4. The molecule has 0 radical (unpaired) electrons. The van der Waals surface area contributed by atoms with Crippen LogP contribution in [0.4, 0.5) is 0 Å². The van der Waals surface area contributed by atoms with Crippen molar-refractivity contribution in [2.24, 2.45) is 5.92 Å². The smallest absolute Gasteiger partial charge is 0.0676 e. The molecule has 0 amide bonds. The summed E-state index contributed by atoms with van der Waals surface area (Å²) >= 11 is 0. The van der Waals surface area contributed by atoms with Crippen molar-refractivity contribution in [2.75, 3.05) is 6.61 Å². The van der Waals surface area contributed by atoms with Gasteiger partial charge in [0.1, 0.15) is 0 Å². The Hall–Kier alpha value is -0.560. The van der Waals surface area contributed by atoms with Crippen LogP contribution in [0, 0.1) is 5.92 Å². The van der Waals surface area contributed by atoms with Crippen molar-refractivity contribution in [3.05, 3.63) is 23.8 Å². The van der Waals surface area contributed by atoms with E-state index in [0.29, 0.717) is 0 Å². The molecule has 2 aliphatic rings. The van der Waals surface area contributed by atoms with Gasteiger partial charge < -0.3 is 4.74 Å². The molecule has 1 fully saturated rings. The van der Waals surface area contributed by atoms with Gasteiger partial charge in [-0.05, 0) is 51.4 Å². The van der Waals surface area contributed by atoms with Gasteiger partial charge in [-0.2, -0.15) is 0 Å². The third kappa shape index (κ3) is 6.38. The summed E-state index contributed by atoms with van der Waals surface area (Å²) < 4.78 is 5.66. The van der Waals surface area contributed by atoms with Gasteiger partial charge >= 0.3 is 0 Å². The van der Waals surface area contributed by atoms with E-state index in [9.17, 15) is 0 Å². The Bertz CT molecular complexity index is 349. The second-order valence-electron chi connectivity index (χ2n) is 7.40. The molecule has 2 atom stereocenters. The van der Waals surface area contributed by atoms with Gasteiger partial charge in [-0.25, -0.2) is 0 Å². The molecule has 2 unspecified atom stereocenters. The van der Waals surface area contributed by atoms with Crippen molar-refractivity contribution in [3.63, 3.8) is 0 Å². The highest BCUT2D eigenvalue weighted by atomic mass is 16.5. The highest BCUT2D eigenvalue weighted by Crippen LogP contribution is 2.32. The molecule has 120 valence electrons. The van der Waals surface area contributed by atoms with Crippen LogP contribution in [0.25, 0.3) is 0 Å². The maximum Gasteiger partial charge on any atom is 0.0676 e. The van der Waals surface area contributed by atoms with E-state index >= 15 is 0 Å². The minimum absolute atomic E-state index is 0.237. The Labute approximate surface area is 131 Å². The van der Waals surface area contributed by atoms with E-state index in [1.54, 1.807) is 5.57 Å². The lowest BCUT2D eigenvalue weighted by Crippen LogP contribution is -2.40. The van der Waals surface area contributed by atoms with Crippen molar-refractivity contribution in [1.29, 1.82) is 0 Å². The van der Waals surface area contributed by atoms with Crippen LogP contribution in [0.5, 0.6) is 0 Å². The topological polar surface area (TPSA) is 9.23 Å². The Kier molecular flexibility index (Phi) is 7.03. The molecule has 21 heavy (non-hydrogen) atoms. The average molecular weight is 290 g/mol. The van der Waals surface area contributed by atoms with Gasteiger partial charge in [-0.15, -0.1) is 0 Å². The first-order valence-electron chi connectivity index (χ1n) is 9.17. The fourth-order valence-corrected chi connectivity index (χ4v) is 3.47. The number of unbranched alkanes of at least 4 members (excludes halogenated alkanes) is 2. The third-order valence-electron chi connectivity index (χ3n) is 5.22. The highest BCUT2D eigenvalue weighted by molar-refractivity contribution is 5.21. The van der Waals surface area contributed by atoms with E-state index < -0.39 is 0 Å². The summed E-state index contributed by atoms with van der Waals surface area (Å²) in [5, 5.41) is 0. The van der Waals surface area contributed by atoms with Crippen LogP contribution in [-0.4, -0.2) is 12.2 Å². The second kappa shape index (κ2) is 8.78. The monoisotopic (exact) mass is 290 g/mol. The maximum atomic E-state index is 5.66. The SMILES string of the molecule is CC(CCCCCC1=CCCC=C1)CCCC1(C)CCO1. The van der Waals surface area contributed by atoms with E-state index in [2.05, 4.69) is 32.1 Å². The van der Waals surface area contributed by atoms with Crippen LogP contribution in [-0.2, 0) is 4.74 Å². The van der Waals surface area contributed by atoms with E-state index in [4.69, 9.17) is 4.74 Å². The molecule has 1 aliphatic heterocycles. The van der Waals surface area contributed by atoms with Crippen molar-refractivity contribution in [3.8, 4) is 0 Å². The van der Waals surface area contributed by atoms with E-state index in [1.807, 2.05) is 0 Å². The second-order valence-corrected chi connectivity index (χ2v) is 7.40.